The second-order valence-corrected chi connectivity index (χ2v) is 3.98. The first-order chi connectivity index (χ1) is 8.99. The summed E-state index contributed by atoms with van der Waals surface area (Å²) in [5, 5.41) is 10.5. The zero-order chi connectivity index (χ0) is 14.0. The highest BCUT2D eigenvalue weighted by Crippen LogP contribution is 2.35. The monoisotopic (exact) mass is 303 g/mol. The lowest BCUT2D eigenvalue weighted by atomic mass is 10.3. The number of rotatable bonds is 3. The Morgan fingerprint density at radius 2 is 2.11 bits per heavy atom. The molecule has 0 saturated carbocycles. The van der Waals surface area contributed by atoms with Crippen molar-refractivity contribution in [2.75, 3.05) is 0 Å². The third-order valence-electron chi connectivity index (χ3n) is 2.02. The van der Waals surface area contributed by atoms with Gasteiger partial charge in [0.2, 0.25) is 16.9 Å². The Kier molecular flexibility index (Phi) is 3.77. The van der Waals surface area contributed by atoms with Crippen LogP contribution in [0, 0.1) is 15.9 Å². The van der Waals surface area contributed by atoms with Crippen molar-refractivity contribution in [3.05, 3.63) is 50.6 Å². The van der Waals surface area contributed by atoms with E-state index in [0.29, 0.717) is 0 Å². The Labute approximate surface area is 115 Å². The zero-order valence-corrected chi connectivity index (χ0v) is 10.5. The van der Waals surface area contributed by atoms with Crippen molar-refractivity contribution in [3.63, 3.8) is 0 Å². The van der Waals surface area contributed by atoms with Crippen molar-refractivity contribution in [2.45, 2.75) is 0 Å². The lowest BCUT2D eigenvalue weighted by molar-refractivity contribution is -0.385. The van der Waals surface area contributed by atoms with Crippen molar-refractivity contribution >= 4 is 28.9 Å². The number of nitro benzene ring substituents is 1. The summed E-state index contributed by atoms with van der Waals surface area (Å²) in [5.74, 6) is -1.78. The van der Waals surface area contributed by atoms with Gasteiger partial charge in [0.25, 0.3) is 0 Å². The van der Waals surface area contributed by atoms with Crippen molar-refractivity contribution < 1.29 is 14.1 Å². The molecular formula is C10H4Cl2FN3O3. The van der Waals surface area contributed by atoms with Crippen LogP contribution in [-0.4, -0.2) is 14.9 Å². The molecule has 0 amide bonds. The van der Waals surface area contributed by atoms with Crippen molar-refractivity contribution in [1.29, 1.82) is 0 Å². The summed E-state index contributed by atoms with van der Waals surface area (Å²) < 4.78 is 18.6. The molecule has 0 aliphatic heterocycles. The molecule has 9 heteroatoms. The average Bonchev–Trinajstić information content (AvgIpc) is 2.35. The molecule has 2 rings (SSSR count). The average molecular weight is 304 g/mol. The third-order valence-corrected chi connectivity index (χ3v) is 2.47. The highest BCUT2D eigenvalue weighted by atomic mass is 35.5. The number of aromatic nitrogens is 2. The highest BCUT2D eigenvalue weighted by molar-refractivity contribution is 6.32. The predicted octanol–water partition coefficient (Wildman–Crippen LogP) is 3.62. The molecule has 1 aromatic carbocycles. The van der Waals surface area contributed by atoms with Gasteiger partial charge >= 0.3 is 5.69 Å². The van der Waals surface area contributed by atoms with Crippen LogP contribution >= 0.6 is 23.2 Å². The molecular weight excluding hydrogens is 300 g/mol. The van der Waals surface area contributed by atoms with E-state index in [-0.39, 0.29) is 16.2 Å². The minimum atomic E-state index is -0.917. The first-order valence-corrected chi connectivity index (χ1v) is 5.53. The quantitative estimate of drug-likeness (QED) is 0.491. The van der Waals surface area contributed by atoms with Crippen LogP contribution in [0.25, 0.3) is 0 Å². The molecule has 0 aliphatic carbocycles. The molecule has 2 aromatic rings. The topological polar surface area (TPSA) is 78.2 Å². The number of nitrogens with zero attached hydrogens (tertiary/aromatic N) is 3. The number of hydrogen-bond acceptors (Lipinski definition) is 5. The van der Waals surface area contributed by atoms with E-state index >= 15 is 0 Å². The zero-order valence-electron chi connectivity index (χ0n) is 9.01. The second kappa shape index (κ2) is 5.33. The van der Waals surface area contributed by atoms with Crippen molar-refractivity contribution in [2.24, 2.45) is 0 Å². The number of halogens is 3. The fraction of sp³-hybridized carbons (Fsp3) is 0. The van der Waals surface area contributed by atoms with Crippen LogP contribution in [0.1, 0.15) is 0 Å². The van der Waals surface area contributed by atoms with Crippen LogP contribution in [-0.2, 0) is 0 Å². The Morgan fingerprint density at radius 3 is 2.79 bits per heavy atom. The number of hydrogen-bond donors (Lipinski definition) is 0. The summed E-state index contributed by atoms with van der Waals surface area (Å²) in [6.07, 6.45) is 1.14. The van der Waals surface area contributed by atoms with Crippen molar-refractivity contribution in [3.8, 4) is 11.6 Å². The van der Waals surface area contributed by atoms with E-state index in [1.165, 1.54) is 6.07 Å². The fourth-order valence-corrected chi connectivity index (χ4v) is 1.50. The molecule has 6 nitrogen and oxygen atoms in total. The maximum atomic E-state index is 13.6. The lowest BCUT2D eigenvalue weighted by Gasteiger charge is -2.07. The molecule has 0 atom stereocenters. The van der Waals surface area contributed by atoms with E-state index in [0.717, 1.165) is 18.3 Å². The van der Waals surface area contributed by atoms with Gasteiger partial charge in [-0.2, -0.15) is 4.98 Å². The highest BCUT2D eigenvalue weighted by Gasteiger charge is 2.21. The van der Waals surface area contributed by atoms with Gasteiger partial charge < -0.3 is 4.74 Å². The molecule has 0 spiro atoms. The summed E-state index contributed by atoms with van der Waals surface area (Å²) in [5.41, 5.74) is -0.550. The standard InChI is InChI=1S/C10H4Cl2FN3O3/c11-5-4-14-10(12)15-9(5)19-8-6(13)2-1-3-7(8)16(17)18/h1-4H. The van der Waals surface area contributed by atoms with Crippen LogP contribution in [0.3, 0.4) is 0 Å². The molecule has 19 heavy (non-hydrogen) atoms. The second-order valence-electron chi connectivity index (χ2n) is 3.24. The first kappa shape index (κ1) is 13.4. The largest absolute Gasteiger partial charge is 0.427 e. The van der Waals surface area contributed by atoms with Crippen LogP contribution in [0.4, 0.5) is 10.1 Å². The Hall–Kier alpha value is -1.99. The summed E-state index contributed by atoms with van der Waals surface area (Å²) in [7, 11) is 0. The van der Waals surface area contributed by atoms with Gasteiger partial charge in [-0.1, -0.05) is 17.7 Å². The summed E-state index contributed by atoms with van der Waals surface area (Å²) in [4.78, 5) is 17.2. The molecule has 0 bridgehead atoms. The summed E-state index contributed by atoms with van der Waals surface area (Å²) in [6, 6.07) is 3.29. The fourth-order valence-electron chi connectivity index (χ4n) is 1.24. The van der Waals surface area contributed by atoms with Gasteiger partial charge in [0.15, 0.2) is 5.82 Å². The number of benzene rings is 1. The first-order valence-electron chi connectivity index (χ1n) is 4.78. The van der Waals surface area contributed by atoms with Crippen LogP contribution in [0.2, 0.25) is 10.3 Å². The van der Waals surface area contributed by atoms with Gasteiger partial charge in [0.05, 0.1) is 11.1 Å². The molecule has 0 aliphatic rings. The van der Waals surface area contributed by atoms with Gasteiger partial charge in [-0.3, -0.25) is 10.1 Å². The molecule has 1 heterocycles. The maximum Gasteiger partial charge on any atom is 0.314 e. The minimum absolute atomic E-state index is 0.0537. The lowest BCUT2D eigenvalue weighted by Crippen LogP contribution is -1.98. The summed E-state index contributed by atoms with van der Waals surface area (Å²) >= 11 is 11.3. The summed E-state index contributed by atoms with van der Waals surface area (Å²) in [6.45, 7) is 0. The normalized spacial score (nSPS) is 10.3. The van der Waals surface area contributed by atoms with E-state index in [9.17, 15) is 14.5 Å². The maximum absolute atomic E-state index is 13.6. The molecule has 98 valence electrons. The van der Waals surface area contributed by atoms with Crippen LogP contribution in [0.15, 0.2) is 24.4 Å². The molecule has 1 aromatic heterocycles. The molecule has 0 saturated heterocycles. The van der Waals surface area contributed by atoms with Crippen molar-refractivity contribution in [1.82, 2.24) is 9.97 Å². The number of para-hydroxylation sites is 1. The Bertz CT molecular complexity index is 654. The number of nitro groups is 1. The molecule has 0 unspecified atom stereocenters. The molecule has 0 N–H and O–H groups in total. The van der Waals surface area contributed by atoms with E-state index in [4.69, 9.17) is 27.9 Å². The van der Waals surface area contributed by atoms with E-state index < -0.39 is 22.2 Å². The van der Waals surface area contributed by atoms with Gasteiger partial charge in [-0.15, -0.1) is 0 Å². The predicted molar refractivity (Wildman–Crippen MR) is 65.2 cm³/mol. The van der Waals surface area contributed by atoms with Crippen LogP contribution < -0.4 is 4.74 Å². The van der Waals surface area contributed by atoms with Gasteiger partial charge in [-0.25, -0.2) is 9.37 Å². The van der Waals surface area contributed by atoms with E-state index in [2.05, 4.69) is 9.97 Å². The Balaban J connectivity index is 2.49. The van der Waals surface area contributed by atoms with Gasteiger partial charge in [-0.05, 0) is 17.7 Å². The Morgan fingerprint density at radius 1 is 1.37 bits per heavy atom. The van der Waals surface area contributed by atoms with Gasteiger partial charge in [0.1, 0.15) is 5.02 Å². The molecule has 0 fully saturated rings. The number of ether oxygens (including phenoxy) is 1. The SMILES string of the molecule is O=[N+]([O-])c1cccc(F)c1Oc1nc(Cl)ncc1Cl. The third kappa shape index (κ3) is 2.88. The van der Waals surface area contributed by atoms with Gasteiger partial charge in [0, 0.05) is 6.07 Å². The van der Waals surface area contributed by atoms with Crippen LogP contribution in [0.5, 0.6) is 11.6 Å². The minimum Gasteiger partial charge on any atom is -0.427 e. The van der Waals surface area contributed by atoms with E-state index in [1.54, 1.807) is 0 Å². The molecule has 0 radical (unpaired) electrons. The smallest absolute Gasteiger partial charge is 0.314 e. The van der Waals surface area contributed by atoms with E-state index in [1.807, 2.05) is 0 Å².